The fourth-order valence-corrected chi connectivity index (χ4v) is 2.10. The van der Waals surface area contributed by atoms with E-state index >= 15 is 0 Å². The Bertz CT molecular complexity index is 207. The van der Waals surface area contributed by atoms with E-state index in [-0.39, 0.29) is 5.41 Å². The monoisotopic (exact) mass is 194 g/mol. The van der Waals surface area contributed by atoms with Crippen LogP contribution in [0.2, 0.25) is 0 Å². The molecule has 0 unspecified atom stereocenters. The Morgan fingerprint density at radius 2 is 1.93 bits per heavy atom. The van der Waals surface area contributed by atoms with Crippen molar-refractivity contribution in [2.24, 2.45) is 11.3 Å². The van der Waals surface area contributed by atoms with E-state index in [0.717, 1.165) is 12.5 Å². The third-order valence-electron chi connectivity index (χ3n) is 3.09. The number of rotatable bonds is 3. The maximum absolute atomic E-state index is 8.70. The molecule has 2 heteroatoms. The highest BCUT2D eigenvalue weighted by Crippen LogP contribution is 2.24. The highest BCUT2D eigenvalue weighted by atomic mass is 15.1. The van der Waals surface area contributed by atoms with Gasteiger partial charge in [0.2, 0.25) is 0 Å². The smallest absolute Gasteiger partial charge is 0.0627 e. The molecule has 0 atom stereocenters. The summed E-state index contributed by atoms with van der Waals surface area (Å²) in [6.07, 6.45) is 3.31. The standard InChI is InChI=1S/C12H22N2/c1-11-4-8-14(9-5-11)10-12(2,3)6-7-13/h11H,4-6,8-10H2,1-3H3. The average molecular weight is 194 g/mol. The van der Waals surface area contributed by atoms with Crippen molar-refractivity contribution in [1.29, 1.82) is 5.26 Å². The second kappa shape index (κ2) is 4.79. The summed E-state index contributed by atoms with van der Waals surface area (Å²) >= 11 is 0. The van der Waals surface area contributed by atoms with Gasteiger partial charge in [-0.25, -0.2) is 0 Å². The minimum Gasteiger partial charge on any atom is -0.303 e. The predicted octanol–water partition coefficient (Wildman–Crippen LogP) is 2.66. The zero-order valence-electron chi connectivity index (χ0n) is 9.71. The molecule has 0 aromatic rings. The lowest BCUT2D eigenvalue weighted by Crippen LogP contribution is -2.39. The largest absolute Gasteiger partial charge is 0.303 e. The molecular weight excluding hydrogens is 172 g/mol. The minimum absolute atomic E-state index is 0.162. The van der Waals surface area contributed by atoms with Crippen molar-refractivity contribution in [2.75, 3.05) is 19.6 Å². The quantitative estimate of drug-likeness (QED) is 0.690. The zero-order valence-corrected chi connectivity index (χ0v) is 9.71. The molecule has 0 amide bonds. The summed E-state index contributed by atoms with van der Waals surface area (Å²) in [6, 6.07) is 2.28. The first-order chi connectivity index (χ1) is 6.53. The predicted molar refractivity (Wildman–Crippen MR) is 58.8 cm³/mol. The van der Waals surface area contributed by atoms with Gasteiger partial charge in [0, 0.05) is 13.0 Å². The molecule has 0 aromatic heterocycles. The Labute approximate surface area is 87.9 Å². The first-order valence-corrected chi connectivity index (χ1v) is 5.63. The first kappa shape index (κ1) is 11.5. The first-order valence-electron chi connectivity index (χ1n) is 5.63. The Kier molecular flexibility index (Phi) is 3.95. The molecule has 0 aliphatic carbocycles. The molecule has 0 aromatic carbocycles. The Morgan fingerprint density at radius 1 is 1.36 bits per heavy atom. The summed E-state index contributed by atoms with van der Waals surface area (Å²) in [7, 11) is 0. The maximum atomic E-state index is 8.70. The third kappa shape index (κ3) is 3.67. The van der Waals surface area contributed by atoms with E-state index < -0.39 is 0 Å². The molecule has 1 heterocycles. The van der Waals surface area contributed by atoms with Gasteiger partial charge in [-0.05, 0) is 37.3 Å². The van der Waals surface area contributed by atoms with E-state index in [4.69, 9.17) is 5.26 Å². The second-order valence-electron chi connectivity index (χ2n) is 5.46. The van der Waals surface area contributed by atoms with Crippen LogP contribution in [0.4, 0.5) is 0 Å². The van der Waals surface area contributed by atoms with Crippen molar-refractivity contribution in [3.63, 3.8) is 0 Å². The lowest BCUT2D eigenvalue weighted by Gasteiger charge is -2.35. The number of piperidine rings is 1. The van der Waals surface area contributed by atoms with Gasteiger partial charge in [-0.15, -0.1) is 0 Å². The van der Waals surface area contributed by atoms with Crippen LogP contribution in [0.5, 0.6) is 0 Å². The molecule has 0 saturated carbocycles. The second-order valence-corrected chi connectivity index (χ2v) is 5.46. The summed E-state index contributed by atoms with van der Waals surface area (Å²) in [5, 5.41) is 8.70. The van der Waals surface area contributed by atoms with Gasteiger partial charge in [0.15, 0.2) is 0 Å². The van der Waals surface area contributed by atoms with E-state index in [1.165, 1.54) is 25.9 Å². The Balaban J connectivity index is 2.34. The molecule has 80 valence electrons. The minimum atomic E-state index is 0.162. The lowest BCUT2D eigenvalue weighted by atomic mass is 9.88. The molecule has 14 heavy (non-hydrogen) atoms. The molecular formula is C12H22N2. The topological polar surface area (TPSA) is 27.0 Å². The van der Waals surface area contributed by atoms with Crippen LogP contribution in [0.25, 0.3) is 0 Å². The van der Waals surface area contributed by atoms with E-state index in [9.17, 15) is 0 Å². The fourth-order valence-electron chi connectivity index (χ4n) is 2.10. The average Bonchev–Trinajstić information content (AvgIpc) is 2.08. The van der Waals surface area contributed by atoms with Crippen LogP contribution < -0.4 is 0 Å². The van der Waals surface area contributed by atoms with Crippen molar-refractivity contribution >= 4 is 0 Å². The molecule has 1 fully saturated rings. The Hall–Kier alpha value is -0.550. The number of nitrogens with zero attached hydrogens (tertiary/aromatic N) is 2. The number of hydrogen-bond acceptors (Lipinski definition) is 2. The summed E-state index contributed by atoms with van der Waals surface area (Å²) in [6.45, 7) is 10.2. The van der Waals surface area contributed by atoms with Gasteiger partial charge in [0.05, 0.1) is 6.07 Å². The molecule has 0 radical (unpaired) electrons. The van der Waals surface area contributed by atoms with Gasteiger partial charge in [0.1, 0.15) is 0 Å². The molecule has 0 spiro atoms. The van der Waals surface area contributed by atoms with Crippen molar-refractivity contribution in [3.05, 3.63) is 0 Å². The highest BCUT2D eigenvalue weighted by molar-refractivity contribution is 4.85. The summed E-state index contributed by atoms with van der Waals surface area (Å²) in [5.74, 6) is 0.894. The third-order valence-corrected chi connectivity index (χ3v) is 3.09. The number of nitriles is 1. The van der Waals surface area contributed by atoms with Gasteiger partial charge in [-0.3, -0.25) is 0 Å². The molecule has 0 bridgehead atoms. The SMILES string of the molecule is CC1CCN(CC(C)(C)CC#N)CC1. The van der Waals surface area contributed by atoms with Crippen LogP contribution in [-0.4, -0.2) is 24.5 Å². The molecule has 1 saturated heterocycles. The zero-order chi connectivity index (χ0) is 10.6. The lowest BCUT2D eigenvalue weighted by molar-refractivity contribution is 0.135. The van der Waals surface area contributed by atoms with E-state index in [1.807, 2.05) is 0 Å². The number of likely N-dealkylation sites (tertiary alicyclic amines) is 1. The van der Waals surface area contributed by atoms with Crippen molar-refractivity contribution < 1.29 is 0 Å². The Morgan fingerprint density at radius 3 is 2.43 bits per heavy atom. The van der Waals surface area contributed by atoms with Gasteiger partial charge in [-0.2, -0.15) is 5.26 Å². The van der Waals surface area contributed by atoms with Gasteiger partial charge in [0.25, 0.3) is 0 Å². The summed E-state index contributed by atoms with van der Waals surface area (Å²) < 4.78 is 0. The summed E-state index contributed by atoms with van der Waals surface area (Å²) in [5.41, 5.74) is 0.162. The van der Waals surface area contributed by atoms with Crippen molar-refractivity contribution in [2.45, 2.75) is 40.0 Å². The van der Waals surface area contributed by atoms with Gasteiger partial charge < -0.3 is 4.90 Å². The van der Waals surface area contributed by atoms with Crippen LogP contribution in [0.1, 0.15) is 40.0 Å². The van der Waals surface area contributed by atoms with E-state index in [1.54, 1.807) is 0 Å². The number of hydrogen-bond donors (Lipinski definition) is 0. The van der Waals surface area contributed by atoms with Crippen LogP contribution in [-0.2, 0) is 0 Å². The maximum Gasteiger partial charge on any atom is 0.0627 e. The van der Waals surface area contributed by atoms with Crippen LogP contribution in [0.15, 0.2) is 0 Å². The van der Waals surface area contributed by atoms with E-state index in [0.29, 0.717) is 6.42 Å². The fraction of sp³-hybridized carbons (Fsp3) is 0.917. The summed E-state index contributed by atoms with van der Waals surface area (Å²) in [4.78, 5) is 2.51. The van der Waals surface area contributed by atoms with Crippen molar-refractivity contribution in [1.82, 2.24) is 4.90 Å². The van der Waals surface area contributed by atoms with Gasteiger partial charge in [-0.1, -0.05) is 20.8 Å². The molecule has 0 N–H and O–H groups in total. The molecule has 2 nitrogen and oxygen atoms in total. The van der Waals surface area contributed by atoms with Crippen LogP contribution in [0, 0.1) is 22.7 Å². The molecule has 1 aliphatic rings. The van der Waals surface area contributed by atoms with Gasteiger partial charge >= 0.3 is 0 Å². The van der Waals surface area contributed by atoms with Crippen LogP contribution >= 0.6 is 0 Å². The molecule has 1 rings (SSSR count). The molecule has 1 aliphatic heterocycles. The van der Waals surface area contributed by atoms with Crippen LogP contribution in [0.3, 0.4) is 0 Å². The van der Waals surface area contributed by atoms with E-state index in [2.05, 4.69) is 31.7 Å². The normalized spacial score (nSPS) is 20.7. The van der Waals surface area contributed by atoms with Crippen molar-refractivity contribution in [3.8, 4) is 6.07 Å². The highest BCUT2D eigenvalue weighted by Gasteiger charge is 2.24.